The lowest BCUT2D eigenvalue weighted by molar-refractivity contribution is -0.144. The summed E-state index contributed by atoms with van der Waals surface area (Å²) in [6.45, 7) is 10.5. The van der Waals surface area contributed by atoms with E-state index >= 15 is 0 Å². The van der Waals surface area contributed by atoms with Crippen molar-refractivity contribution in [3.05, 3.63) is 58.9 Å². The van der Waals surface area contributed by atoms with Crippen LogP contribution in [0.15, 0.2) is 36.4 Å². The number of benzene rings is 2. The van der Waals surface area contributed by atoms with Gasteiger partial charge in [-0.05, 0) is 62.6 Å². The van der Waals surface area contributed by atoms with Gasteiger partial charge in [0.05, 0.1) is 23.6 Å². The molecule has 4 nitrogen and oxygen atoms in total. The predicted octanol–water partition coefficient (Wildman–Crippen LogP) is 4.87. The number of hydrogen-bond acceptors (Lipinski definition) is 3. The molecule has 0 bridgehead atoms. The van der Waals surface area contributed by atoms with E-state index in [-0.39, 0.29) is 11.9 Å². The number of nitrogens with zero attached hydrogens (tertiary/aromatic N) is 2. The fourth-order valence-electron chi connectivity index (χ4n) is 3.41. The molecule has 1 unspecified atom stereocenters. The third-order valence-electron chi connectivity index (χ3n) is 4.77. The molecule has 0 N–H and O–H groups in total. The highest BCUT2D eigenvalue weighted by atomic mass is 16.5. The van der Waals surface area contributed by atoms with Gasteiger partial charge in [-0.3, -0.25) is 9.36 Å². The molecule has 0 aliphatic carbocycles. The number of fused-ring (bicyclic) bond motifs is 1. The van der Waals surface area contributed by atoms with Gasteiger partial charge in [0.25, 0.3) is 0 Å². The zero-order valence-electron chi connectivity index (χ0n) is 16.2. The first kappa shape index (κ1) is 18.2. The van der Waals surface area contributed by atoms with Crippen LogP contribution < -0.4 is 0 Å². The molecule has 0 saturated carbocycles. The SMILES string of the molecule is CCOC(=O)C(C)c1ccc(-n2c(CC)nc3c(C)cc(C)cc32)cc1. The highest BCUT2D eigenvalue weighted by Gasteiger charge is 2.17. The number of ether oxygens (including phenoxy) is 1. The molecular formula is C22H26N2O2. The Morgan fingerprint density at radius 2 is 1.85 bits per heavy atom. The first-order chi connectivity index (χ1) is 12.5. The summed E-state index contributed by atoms with van der Waals surface area (Å²) in [6.07, 6.45) is 0.855. The van der Waals surface area contributed by atoms with Crippen LogP contribution in [0.1, 0.15) is 49.2 Å². The summed E-state index contributed by atoms with van der Waals surface area (Å²) in [6, 6.07) is 12.5. The van der Waals surface area contributed by atoms with E-state index in [1.54, 1.807) is 0 Å². The molecule has 2 aromatic carbocycles. The molecule has 0 fully saturated rings. The summed E-state index contributed by atoms with van der Waals surface area (Å²) in [5.41, 5.74) is 6.63. The minimum absolute atomic E-state index is 0.186. The van der Waals surface area contributed by atoms with Gasteiger partial charge in [-0.15, -0.1) is 0 Å². The summed E-state index contributed by atoms with van der Waals surface area (Å²) in [5.74, 6) is 0.590. The molecule has 0 amide bonds. The Bertz CT molecular complexity index is 939. The maximum atomic E-state index is 12.0. The van der Waals surface area contributed by atoms with Crippen molar-refractivity contribution in [2.75, 3.05) is 6.61 Å². The summed E-state index contributed by atoms with van der Waals surface area (Å²) in [5, 5.41) is 0. The summed E-state index contributed by atoms with van der Waals surface area (Å²) >= 11 is 0. The van der Waals surface area contributed by atoms with Crippen LogP contribution >= 0.6 is 0 Å². The number of hydrogen-bond donors (Lipinski definition) is 0. The maximum Gasteiger partial charge on any atom is 0.313 e. The van der Waals surface area contributed by atoms with Crippen LogP contribution in [0.3, 0.4) is 0 Å². The molecule has 1 aromatic heterocycles. The van der Waals surface area contributed by atoms with Gasteiger partial charge in [0.15, 0.2) is 0 Å². The molecule has 3 aromatic rings. The average Bonchev–Trinajstić information content (AvgIpc) is 3.00. The van der Waals surface area contributed by atoms with Gasteiger partial charge < -0.3 is 4.74 Å². The molecule has 1 heterocycles. The second-order valence-corrected chi connectivity index (χ2v) is 6.73. The minimum Gasteiger partial charge on any atom is -0.466 e. The quantitative estimate of drug-likeness (QED) is 0.617. The monoisotopic (exact) mass is 350 g/mol. The van der Waals surface area contributed by atoms with E-state index in [2.05, 4.69) is 49.6 Å². The highest BCUT2D eigenvalue weighted by Crippen LogP contribution is 2.27. The van der Waals surface area contributed by atoms with E-state index in [9.17, 15) is 4.79 Å². The topological polar surface area (TPSA) is 44.1 Å². The molecule has 0 aliphatic rings. The third kappa shape index (κ3) is 3.24. The Hall–Kier alpha value is -2.62. The minimum atomic E-state index is -0.265. The predicted molar refractivity (Wildman–Crippen MR) is 105 cm³/mol. The molecule has 0 radical (unpaired) electrons. The van der Waals surface area contributed by atoms with E-state index in [0.717, 1.165) is 34.5 Å². The zero-order valence-corrected chi connectivity index (χ0v) is 16.2. The lowest BCUT2D eigenvalue weighted by Gasteiger charge is -2.13. The molecule has 4 heteroatoms. The van der Waals surface area contributed by atoms with Crippen molar-refractivity contribution in [3.8, 4) is 5.69 Å². The molecule has 136 valence electrons. The Morgan fingerprint density at radius 1 is 1.15 bits per heavy atom. The number of carbonyl (C=O) groups excluding carboxylic acids is 1. The standard InChI is InChI=1S/C22H26N2O2/c1-6-20-23-21-15(4)12-14(3)13-19(21)24(20)18-10-8-17(9-11-18)16(5)22(25)26-7-2/h8-13,16H,6-7H2,1-5H3. The van der Waals surface area contributed by atoms with Crippen LogP contribution in [-0.4, -0.2) is 22.1 Å². The molecule has 0 spiro atoms. The van der Waals surface area contributed by atoms with Crippen molar-refractivity contribution in [1.82, 2.24) is 9.55 Å². The third-order valence-corrected chi connectivity index (χ3v) is 4.77. The van der Waals surface area contributed by atoms with Gasteiger partial charge >= 0.3 is 5.97 Å². The van der Waals surface area contributed by atoms with Crippen LogP contribution in [-0.2, 0) is 16.0 Å². The van der Waals surface area contributed by atoms with Gasteiger partial charge in [0.1, 0.15) is 5.82 Å². The number of rotatable bonds is 5. The number of carbonyl (C=O) groups is 1. The van der Waals surface area contributed by atoms with Crippen LogP contribution in [0.2, 0.25) is 0 Å². The van der Waals surface area contributed by atoms with Crippen LogP contribution in [0, 0.1) is 13.8 Å². The number of esters is 1. The van der Waals surface area contributed by atoms with Crippen molar-refractivity contribution in [1.29, 1.82) is 0 Å². The fraction of sp³-hybridized carbons (Fsp3) is 0.364. The summed E-state index contributed by atoms with van der Waals surface area (Å²) in [4.78, 5) is 16.8. The van der Waals surface area contributed by atoms with Gasteiger partial charge in [-0.25, -0.2) is 4.98 Å². The van der Waals surface area contributed by atoms with Crippen LogP contribution in [0.4, 0.5) is 0 Å². The van der Waals surface area contributed by atoms with Gasteiger partial charge in [-0.2, -0.15) is 0 Å². The number of aromatic nitrogens is 2. The molecule has 0 aliphatic heterocycles. The first-order valence-corrected chi connectivity index (χ1v) is 9.21. The first-order valence-electron chi connectivity index (χ1n) is 9.21. The summed E-state index contributed by atoms with van der Waals surface area (Å²) < 4.78 is 7.34. The van der Waals surface area contributed by atoms with Crippen molar-refractivity contribution in [3.63, 3.8) is 0 Å². The van der Waals surface area contributed by atoms with Crippen molar-refractivity contribution in [2.24, 2.45) is 0 Å². The van der Waals surface area contributed by atoms with E-state index in [0.29, 0.717) is 6.61 Å². The number of aryl methyl sites for hydroxylation is 3. The highest BCUT2D eigenvalue weighted by molar-refractivity contribution is 5.82. The van der Waals surface area contributed by atoms with Crippen molar-refractivity contribution < 1.29 is 9.53 Å². The Kier molecular flexibility index (Phi) is 5.12. The second-order valence-electron chi connectivity index (χ2n) is 6.73. The van der Waals surface area contributed by atoms with Crippen molar-refractivity contribution >= 4 is 17.0 Å². The fourth-order valence-corrected chi connectivity index (χ4v) is 3.41. The van der Waals surface area contributed by atoms with E-state index in [4.69, 9.17) is 9.72 Å². The van der Waals surface area contributed by atoms with Crippen molar-refractivity contribution in [2.45, 2.75) is 47.0 Å². The Labute approximate surface area is 154 Å². The second kappa shape index (κ2) is 7.32. The van der Waals surface area contributed by atoms with Crippen LogP contribution in [0.25, 0.3) is 16.7 Å². The Morgan fingerprint density at radius 3 is 2.46 bits per heavy atom. The molecule has 26 heavy (non-hydrogen) atoms. The summed E-state index contributed by atoms with van der Waals surface area (Å²) in [7, 11) is 0. The lowest BCUT2D eigenvalue weighted by Crippen LogP contribution is -2.13. The van der Waals surface area contributed by atoms with E-state index in [1.165, 1.54) is 11.1 Å². The molecule has 3 rings (SSSR count). The molecule has 0 saturated heterocycles. The molecular weight excluding hydrogens is 324 g/mol. The average molecular weight is 350 g/mol. The van der Waals surface area contributed by atoms with Crippen LogP contribution in [0.5, 0.6) is 0 Å². The largest absolute Gasteiger partial charge is 0.466 e. The lowest BCUT2D eigenvalue weighted by atomic mass is 10.0. The van der Waals surface area contributed by atoms with Gasteiger partial charge in [0, 0.05) is 12.1 Å². The van der Waals surface area contributed by atoms with E-state index < -0.39 is 0 Å². The normalized spacial score (nSPS) is 12.3. The molecule has 1 atom stereocenters. The zero-order chi connectivity index (χ0) is 18.8. The smallest absolute Gasteiger partial charge is 0.313 e. The van der Waals surface area contributed by atoms with Gasteiger partial charge in [-0.1, -0.05) is 25.1 Å². The number of imidazole rings is 1. The van der Waals surface area contributed by atoms with Gasteiger partial charge in [0.2, 0.25) is 0 Å². The maximum absolute atomic E-state index is 12.0. The Balaban J connectivity index is 2.05. The van der Waals surface area contributed by atoms with E-state index in [1.807, 2.05) is 26.0 Å².